The average molecular weight is 239 g/mol. The van der Waals surface area contributed by atoms with E-state index in [1.165, 1.54) is 30.5 Å². The van der Waals surface area contributed by atoms with E-state index < -0.39 is 0 Å². The van der Waals surface area contributed by atoms with Gasteiger partial charge in [0.15, 0.2) is 17.2 Å². The van der Waals surface area contributed by atoms with Crippen LogP contribution in [0.2, 0.25) is 0 Å². The zero-order valence-electron chi connectivity index (χ0n) is 9.05. The molecule has 0 aliphatic rings. The number of rotatable bonds is 2. The Bertz CT molecular complexity index is 652. The highest BCUT2D eigenvalue weighted by atomic mass is 19.1. The molecule has 5 nitrogen and oxygen atoms in total. The highest BCUT2D eigenvalue weighted by Gasteiger charge is 2.07. The largest absolute Gasteiger partial charge is 0.338 e. The topological polar surface area (TPSA) is 85.4 Å². The van der Waals surface area contributed by atoms with Crippen molar-refractivity contribution >= 4 is 11.5 Å². The standard InChI is InChI=1S/C12H6FN5/c13-8-1-3-9(4-2-8)17-12-11(6-15)16-7-10(5-14)18-12/h1-4,7H,(H,17,18). The van der Waals surface area contributed by atoms with Gasteiger partial charge in [-0.1, -0.05) is 0 Å². The van der Waals surface area contributed by atoms with E-state index in [0.29, 0.717) is 5.69 Å². The van der Waals surface area contributed by atoms with E-state index in [4.69, 9.17) is 10.5 Å². The van der Waals surface area contributed by atoms with Crippen LogP contribution in [-0.4, -0.2) is 9.97 Å². The maximum atomic E-state index is 12.7. The molecular formula is C12H6FN5. The van der Waals surface area contributed by atoms with Gasteiger partial charge < -0.3 is 5.32 Å². The van der Waals surface area contributed by atoms with Crippen LogP contribution >= 0.6 is 0 Å². The number of nitrogens with zero attached hydrogens (tertiary/aromatic N) is 4. The SMILES string of the molecule is N#Cc1cnc(C#N)c(Nc2ccc(F)cc2)n1. The number of aromatic nitrogens is 2. The van der Waals surface area contributed by atoms with Crippen molar-refractivity contribution in [3.05, 3.63) is 47.7 Å². The molecule has 0 bridgehead atoms. The fraction of sp³-hybridized carbons (Fsp3) is 0. The summed E-state index contributed by atoms with van der Waals surface area (Å²) < 4.78 is 12.7. The Hall–Kier alpha value is -2.99. The third kappa shape index (κ3) is 2.39. The molecule has 0 saturated carbocycles. The molecule has 1 N–H and O–H groups in total. The van der Waals surface area contributed by atoms with Crippen molar-refractivity contribution in [1.29, 1.82) is 10.5 Å². The van der Waals surface area contributed by atoms with Crippen LogP contribution < -0.4 is 5.32 Å². The first-order valence-electron chi connectivity index (χ1n) is 4.93. The van der Waals surface area contributed by atoms with Crippen LogP contribution in [0.5, 0.6) is 0 Å². The summed E-state index contributed by atoms with van der Waals surface area (Å²) in [6.45, 7) is 0. The molecule has 1 aromatic carbocycles. The highest BCUT2D eigenvalue weighted by molar-refractivity contribution is 5.61. The molecule has 0 fully saturated rings. The number of anilines is 2. The van der Waals surface area contributed by atoms with Crippen molar-refractivity contribution in [2.75, 3.05) is 5.32 Å². The van der Waals surface area contributed by atoms with Gasteiger partial charge in [0.2, 0.25) is 0 Å². The summed E-state index contributed by atoms with van der Waals surface area (Å²) >= 11 is 0. The Morgan fingerprint density at radius 1 is 1.11 bits per heavy atom. The molecule has 0 radical (unpaired) electrons. The summed E-state index contributed by atoms with van der Waals surface area (Å²) in [6.07, 6.45) is 1.22. The zero-order chi connectivity index (χ0) is 13.0. The van der Waals surface area contributed by atoms with Crippen molar-refractivity contribution < 1.29 is 4.39 Å². The molecular weight excluding hydrogens is 233 g/mol. The summed E-state index contributed by atoms with van der Waals surface area (Å²) in [4.78, 5) is 7.73. The lowest BCUT2D eigenvalue weighted by Crippen LogP contribution is -2.01. The highest BCUT2D eigenvalue weighted by Crippen LogP contribution is 2.17. The molecule has 0 amide bonds. The summed E-state index contributed by atoms with van der Waals surface area (Å²) in [5, 5.41) is 20.4. The average Bonchev–Trinajstić information content (AvgIpc) is 2.41. The lowest BCUT2D eigenvalue weighted by Gasteiger charge is -2.06. The van der Waals surface area contributed by atoms with Gasteiger partial charge in [-0.25, -0.2) is 14.4 Å². The van der Waals surface area contributed by atoms with Gasteiger partial charge in [-0.2, -0.15) is 10.5 Å². The Labute approximate surface area is 102 Å². The van der Waals surface area contributed by atoms with Gasteiger partial charge in [0.25, 0.3) is 0 Å². The normalized spacial score (nSPS) is 9.28. The molecule has 0 aliphatic carbocycles. The molecule has 2 rings (SSSR count). The molecule has 18 heavy (non-hydrogen) atoms. The second kappa shape index (κ2) is 4.89. The lowest BCUT2D eigenvalue weighted by molar-refractivity contribution is 0.628. The predicted octanol–water partition coefficient (Wildman–Crippen LogP) is 2.10. The van der Waals surface area contributed by atoms with E-state index in [-0.39, 0.29) is 23.0 Å². The van der Waals surface area contributed by atoms with Crippen molar-refractivity contribution in [1.82, 2.24) is 9.97 Å². The van der Waals surface area contributed by atoms with Crippen LogP contribution in [0.4, 0.5) is 15.9 Å². The first-order valence-corrected chi connectivity index (χ1v) is 4.93. The fourth-order valence-electron chi connectivity index (χ4n) is 1.28. The minimum absolute atomic E-state index is 0.0679. The lowest BCUT2D eigenvalue weighted by atomic mass is 10.3. The molecule has 6 heteroatoms. The third-order valence-corrected chi connectivity index (χ3v) is 2.10. The van der Waals surface area contributed by atoms with Crippen molar-refractivity contribution in [2.45, 2.75) is 0 Å². The van der Waals surface area contributed by atoms with Crippen LogP contribution in [0.15, 0.2) is 30.5 Å². The van der Waals surface area contributed by atoms with Crippen LogP contribution in [0.3, 0.4) is 0 Å². The predicted molar refractivity (Wildman–Crippen MR) is 61.1 cm³/mol. The van der Waals surface area contributed by atoms with Gasteiger partial charge in [0.05, 0.1) is 6.20 Å². The van der Waals surface area contributed by atoms with Gasteiger partial charge in [-0.05, 0) is 24.3 Å². The summed E-state index contributed by atoms with van der Waals surface area (Å²) in [6, 6.07) is 9.23. The number of hydrogen-bond donors (Lipinski definition) is 1. The first kappa shape index (κ1) is 11.5. The van der Waals surface area contributed by atoms with Crippen LogP contribution in [-0.2, 0) is 0 Å². The van der Waals surface area contributed by atoms with Gasteiger partial charge in [0.1, 0.15) is 18.0 Å². The molecule has 0 aliphatic heterocycles. The maximum absolute atomic E-state index is 12.7. The molecule has 1 heterocycles. The van der Waals surface area contributed by atoms with Gasteiger partial charge in [0, 0.05) is 5.69 Å². The van der Waals surface area contributed by atoms with Gasteiger partial charge >= 0.3 is 0 Å². The van der Waals surface area contributed by atoms with Crippen LogP contribution in [0.1, 0.15) is 11.4 Å². The Morgan fingerprint density at radius 2 is 1.83 bits per heavy atom. The minimum atomic E-state index is -0.363. The Kier molecular flexibility index (Phi) is 3.13. The Morgan fingerprint density at radius 3 is 2.44 bits per heavy atom. The van der Waals surface area contributed by atoms with Gasteiger partial charge in [-0.15, -0.1) is 0 Å². The third-order valence-electron chi connectivity index (χ3n) is 2.10. The molecule has 0 unspecified atom stereocenters. The first-order chi connectivity index (χ1) is 8.72. The van der Waals surface area contributed by atoms with Crippen molar-refractivity contribution in [3.63, 3.8) is 0 Å². The monoisotopic (exact) mass is 239 g/mol. The second-order valence-electron chi connectivity index (χ2n) is 3.31. The van der Waals surface area contributed by atoms with Crippen LogP contribution in [0.25, 0.3) is 0 Å². The smallest absolute Gasteiger partial charge is 0.183 e. The summed E-state index contributed by atoms with van der Waals surface area (Å²) in [7, 11) is 0. The Balaban J connectivity index is 2.36. The quantitative estimate of drug-likeness (QED) is 0.867. The number of benzene rings is 1. The van der Waals surface area contributed by atoms with Crippen molar-refractivity contribution in [3.8, 4) is 12.1 Å². The minimum Gasteiger partial charge on any atom is -0.338 e. The van der Waals surface area contributed by atoms with Crippen molar-refractivity contribution in [2.24, 2.45) is 0 Å². The van der Waals surface area contributed by atoms with Crippen LogP contribution in [0, 0.1) is 28.5 Å². The second-order valence-corrected chi connectivity index (χ2v) is 3.31. The van der Waals surface area contributed by atoms with E-state index >= 15 is 0 Å². The fourth-order valence-corrected chi connectivity index (χ4v) is 1.28. The van der Waals surface area contributed by atoms with E-state index in [0.717, 1.165) is 0 Å². The molecule has 1 aromatic heterocycles. The number of halogens is 1. The van der Waals surface area contributed by atoms with E-state index in [2.05, 4.69) is 15.3 Å². The zero-order valence-corrected chi connectivity index (χ0v) is 9.05. The van der Waals surface area contributed by atoms with Gasteiger partial charge in [-0.3, -0.25) is 0 Å². The molecule has 2 aromatic rings. The maximum Gasteiger partial charge on any atom is 0.183 e. The number of nitriles is 2. The van der Waals surface area contributed by atoms with E-state index in [1.54, 1.807) is 0 Å². The summed E-state index contributed by atoms with van der Waals surface area (Å²) in [5.74, 6) is -0.193. The number of nitrogens with one attached hydrogen (secondary N) is 1. The molecule has 86 valence electrons. The van der Waals surface area contributed by atoms with E-state index in [9.17, 15) is 4.39 Å². The summed E-state index contributed by atoms with van der Waals surface area (Å²) in [5.41, 5.74) is 0.717. The van der Waals surface area contributed by atoms with E-state index in [1.807, 2.05) is 12.1 Å². The molecule has 0 saturated heterocycles. The molecule has 0 atom stereocenters. The number of hydrogen-bond acceptors (Lipinski definition) is 5. The molecule has 0 spiro atoms.